The van der Waals surface area contributed by atoms with E-state index in [1.807, 2.05) is 10.3 Å². The number of aliphatic imine (C=N–C) groups is 1. The van der Waals surface area contributed by atoms with E-state index in [4.69, 9.17) is 4.74 Å². The number of nitrogens with zero attached hydrogens (tertiary/aromatic N) is 2. The Morgan fingerprint density at radius 1 is 1.23 bits per heavy atom. The first-order valence-electron chi connectivity index (χ1n) is 9.88. The minimum absolute atomic E-state index is 0.0325. The number of halogens is 3. The quantitative estimate of drug-likeness (QED) is 0.525. The van der Waals surface area contributed by atoms with Crippen molar-refractivity contribution in [3.8, 4) is 0 Å². The van der Waals surface area contributed by atoms with Gasteiger partial charge >= 0.3 is 6.18 Å². The van der Waals surface area contributed by atoms with Gasteiger partial charge in [-0.3, -0.25) is 4.99 Å². The molecule has 5 nitrogen and oxygen atoms in total. The van der Waals surface area contributed by atoms with Crippen LogP contribution in [0.3, 0.4) is 0 Å². The number of anilines is 1. The van der Waals surface area contributed by atoms with E-state index < -0.39 is 11.7 Å². The normalized spacial score (nSPS) is 16.4. The number of hydrogen-bond donors (Lipinski definition) is 2. The van der Waals surface area contributed by atoms with E-state index in [2.05, 4.69) is 34.0 Å². The Kier molecular flexibility index (Phi) is 7.60. The van der Waals surface area contributed by atoms with E-state index >= 15 is 0 Å². The number of rotatable bonds is 6. The molecule has 0 saturated carbocycles. The molecule has 1 aromatic carbocycles. The molecule has 1 saturated heterocycles. The summed E-state index contributed by atoms with van der Waals surface area (Å²) < 4.78 is 46.4. The lowest BCUT2D eigenvalue weighted by Crippen LogP contribution is -2.39. The van der Waals surface area contributed by atoms with Crippen LogP contribution < -0.4 is 15.5 Å². The van der Waals surface area contributed by atoms with Gasteiger partial charge in [-0.1, -0.05) is 13.0 Å². The molecule has 1 aliphatic rings. The van der Waals surface area contributed by atoms with Crippen molar-refractivity contribution in [3.05, 3.63) is 51.7 Å². The molecule has 1 aromatic heterocycles. The van der Waals surface area contributed by atoms with Gasteiger partial charge in [0.25, 0.3) is 0 Å². The lowest BCUT2D eigenvalue weighted by Gasteiger charge is -2.29. The number of guanidine groups is 1. The maximum Gasteiger partial charge on any atom is 0.416 e. The zero-order valence-electron chi connectivity index (χ0n) is 17.1. The highest BCUT2D eigenvalue weighted by Crippen LogP contribution is 2.35. The van der Waals surface area contributed by atoms with Gasteiger partial charge in [-0.15, -0.1) is 0 Å². The molecule has 1 atom stereocenters. The largest absolute Gasteiger partial charge is 0.416 e. The lowest BCUT2D eigenvalue weighted by molar-refractivity contribution is -0.138. The van der Waals surface area contributed by atoms with Crippen LogP contribution in [0.4, 0.5) is 18.9 Å². The molecular formula is C21H27F3N4OS. The summed E-state index contributed by atoms with van der Waals surface area (Å²) >= 11 is 1.64. The van der Waals surface area contributed by atoms with Crippen molar-refractivity contribution in [3.63, 3.8) is 0 Å². The van der Waals surface area contributed by atoms with Gasteiger partial charge in [0.2, 0.25) is 0 Å². The van der Waals surface area contributed by atoms with Gasteiger partial charge in [-0.05, 0) is 46.0 Å². The summed E-state index contributed by atoms with van der Waals surface area (Å²) in [5, 5.41) is 10.3. The van der Waals surface area contributed by atoms with Gasteiger partial charge in [-0.25, -0.2) is 0 Å². The Labute approximate surface area is 179 Å². The highest BCUT2D eigenvalue weighted by molar-refractivity contribution is 7.07. The van der Waals surface area contributed by atoms with E-state index in [0.717, 1.165) is 0 Å². The van der Waals surface area contributed by atoms with E-state index in [0.29, 0.717) is 44.5 Å². The molecule has 1 aliphatic heterocycles. The molecule has 0 aliphatic carbocycles. The fraction of sp³-hybridized carbons (Fsp3) is 0.476. The predicted molar refractivity (Wildman–Crippen MR) is 115 cm³/mol. The maximum atomic E-state index is 13.7. The molecule has 164 valence electrons. The Morgan fingerprint density at radius 3 is 2.63 bits per heavy atom. The van der Waals surface area contributed by atoms with Crippen LogP contribution in [0, 0.1) is 0 Å². The van der Waals surface area contributed by atoms with Crippen LogP contribution in [-0.4, -0.2) is 45.9 Å². The smallest absolute Gasteiger partial charge is 0.378 e. The van der Waals surface area contributed by atoms with Gasteiger partial charge in [0, 0.05) is 38.9 Å². The zero-order valence-corrected chi connectivity index (χ0v) is 17.9. The minimum atomic E-state index is -4.43. The Bertz CT molecular complexity index is 833. The van der Waals surface area contributed by atoms with Crippen LogP contribution in [0.1, 0.15) is 29.5 Å². The molecule has 3 rings (SSSR count). The summed E-state index contributed by atoms with van der Waals surface area (Å²) in [4.78, 5) is 6.05. The molecule has 1 unspecified atom stereocenters. The molecule has 2 aromatic rings. The average molecular weight is 441 g/mol. The maximum absolute atomic E-state index is 13.7. The van der Waals surface area contributed by atoms with Crippen molar-refractivity contribution in [1.82, 2.24) is 10.6 Å². The minimum Gasteiger partial charge on any atom is -0.378 e. The first kappa shape index (κ1) is 22.4. The summed E-state index contributed by atoms with van der Waals surface area (Å²) in [6, 6.07) is 6.59. The van der Waals surface area contributed by atoms with Crippen molar-refractivity contribution in [2.75, 3.05) is 44.8 Å². The predicted octanol–water partition coefficient (Wildman–Crippen LogP) is 4.07. The van der Waals surface area contributed by atoms with E-state index in [1.54, 1.807) is 30.5 Å². The third kappa shape index (κ3) is 5.89. The van der Waals surface area contributed by atoms with Gasteiger partial charge in [-0.2, -0.15) is 24.5 Å². The summed E-state index contributed by atoms with van der Waals surface area (Å²) in [7, 11) is 1.61. The third-order valence-corrected chi connectivity index (χ3v) is 5.83. The van der Waals surface area contributed by atoms with Crippen LogP contribution >= 0.6 is 11.3 Å². The van der Waals surface area contributed by atoms with Gasteiger partial charge < -0.3 is 20.3 Å². The van der Waals surface area contributed by atoms with Crippen LogP contribution in [-0.2, 0) is 17.5 Å². The van der Waals surface area contributed by atoms with Gasteiger partial charge in [0.05, 0.1) is 18.8 Å². The van der Waals surface area contributed by atoms with Crippen LogP contribution in [0.2, 0.25) is 0 Å². The average Bonchev–Trinajstić information content (AvgIpc) is 3.29. The highest BCUT2D eigenvalue weighted by atomic mass is 32.1. The third-order valence-electron chi connectivity index (χ3n) is 5.13. The monoisotopic (exact) mass is 440 g/mol. The SMILES string of the molecule is CN=C(NCc1ccc(N2CCOCC2)cc1C(F)(F)F)NCC(C)c1ccsc1. The number of alkyl halides is 3. The highest BCUT2D eigenvalue weighted by Gasteiger charge is 2.34. The number of hydrogen-bond acceptors (Lipinski definition) is 4. The number of thiophene rings is 1. The second-order valence-corrected chi connectivity index (χ2v) is 7.98. The molecule has 9 heteroatoms. The topological polar surface area (TPSA) is 48.9 Å². The summed E-state index contributed by atoms with van der Waals surface area (Å²) in [5.41, 5.74) is 1.36. The zero-order chi connectivity index (χ0) is 21.6. The molecule has 2 N–H and O–H groups in total. The lowest BCUT2D eigenvalue weighted by atomic mass is 10.0. The molecule has 1 fully saturated rings. The molecule has 2 heterocycles. The van der Waals surface area contributed by atoms with Gasteiger partial charge in [0.15, 0.2) is 5.96 Å². The number of ether oxygens (including phenoxy) is 1. The molecule has 0 amide bonds. The number of morpholine rings is 1. The van der Waals surface area contributed by atoms with E-state index in [9.17, 15) is 13.2 Å². The summed E-state index contributed by atoms with van der Waals surface area (Å²) in [5.74, 6) is 0.746. The second-order valence-electron chi connectivity index (χ2n) is 7.20. The van der Waals surface area contributed by atoms with Crippen molar-refractivity contribution in [1.29, 1.82) is 0 Å². The summed E-state index contributed by atoms with van der Waals surface area (Å²) in [6.07, 6.45) is -4.43. The van der Waals surface area contributed by atoms with Crippen LogP contribution in [0.15, 0.2) is 40.0 Å². The molecule has 0 spiro atoms. The number of nitrogens with one attached hydrogen (secondary N) is 2. The Morgan fingerprint density at radius 2 is 2.00 bits per heavy atom. The van der Waals surface area contributed by atoms with Crippen molar-refractivity contribution in [2.24, 2.45) is 4.99 Å². The molecular weight excluding hydrogens is 413 g/mol. The van der Waals surface area contributed by atoms with Crippen molar-refractivity contribution < 1.29 is 17.9 Å². The fourth-order valence-electron chi connectivity index (χ4n) is 3.32. The van der Waals surface area contributed by atoms with Gasteiger partial charge in [0.1, 0.15) is 0 Å². The summed E-state index contributed by atoms with van der Waals surface area (Å²) in [6.45, 7) is 4.99. The molecule has 30 heavy (non-hydrogen) atoms. The van der Waals surface area contributed by atoms with Crippen LogP contribution in [0.5, 0.6) is 0 Å². The standard InChI is InChI=1S/C21H27F3N4OS/c1-15(17-5-10-30-14-17)12-26-20(25-2)27-13-16-3-4-18(11-19(16)21(22,23)24)28-6-8-29-9-7-28/h3-5,10-11,14-15H,6-9,12-13H2,1-2H3,(H2,25,26,27). The van der Waals surface area contributed by atoms with Crippen LogP contribution in [0.25, 0.3) is 0 Å². The van der Waals surface area contributed by atoms with Crippen molar-refractivity contribution in [2.45, 2.75) is 25.6 Å². The first-order valence-corrected chi connectivity index (χ1v) is 10.8. The Balaban J connectivity index is 1.65. The first-order chi connectivity index (χ1) is 14.4. The molecule has 0 radical (unpaired) electrons. The van der Waals surface area contributed by atoms with E-state index in [-0.39, 0.29) is 18.0 Å². The van der Waals surface area contributed by atoms with E-state index in [1.165, 1.54) is 11.6 Å². The fourth-order valence-corrected chi connectivity index (χ4v) is 4.11. The number of benzene rings is 1. The Hall–Kier alpha value is -2.26. The molecule has 0 bridgehead atoms. The van der Waals surface area contributed by atoms with Crippen molar-refractivity contribution >= 4 is 23.0 Å². The second kappa shape index (κ2) is 10.2.